The Morgan fingerprint density at radius 2 is 1.59 bits per heavy atom. The van der Waals surface area contributed by atoms with Crippen LogP contribution in [0.25, 0.3) is 0 Å². The number of carbonyl (C=O) groups is 1. The second kappa shape index (κ2) is 7.00. The van der Waals surface area contributed by atoms with Crippen LogP contribution in [0.4, 0.5) is 0 Å². The molecule has 3 nitrogen and oxygen atoms in total. The smallest absolute Gasteiger partial charge is 0.232 e. The van der Waals surface area contributed by atoms with Gasteiger partial charge in [0, 0.05) is 11.6 Å². The van der Waals surface area contributed by atoms with Gasteiger partial charge in [0.2, 0.25) is 5.91 Å². The van der Waals surface area contributed by atoms with Crippen molar-refractivity contribution in [3.8, 4) is 0 Å². The highest BCUT2D eigenvalue weighted by atomic mass is 32.1. The number of thiazole rings is 1. The predicted octanol–water partition coefficient (Wildman–Crippen LogP) is 3.59. The van der Waals surface area contributed by atoms with Gasteiger partial charge in [-0.15, -0.1) is 11.3 Å². The molecule has 0 aliphatic heterocycles. The van der Waals surface area contributed by atoms with Crippen LogP contribution in [0.3, 0.4) is 0 Å². The molecule has 0 saturated carbocycles. The Morgan fingerprint density at radius 3 is 2.09 bits per heavy atom. The summed E-state index contributed by atoms with van der Waals surface area (Å²) in [5, 5.41) is 5.81. The van der Waals surface area contributed by atoms with Crippen molar-refractivity contribution in [2.24, 2.45) is 0 Å². The third-order valence-corrected chi connectivity index (χ3v) is 4.20. The normalized spacial score (nSPS) is 10.6. The number of nitrogens with zero attached hydrogens (tertiary/aromatic N) is 1. The van der Waals surface area contributed by atoms with Crippen LogP contribution in [0.1, 0.15) is 22.1 Å². The van der Waals surface area contributed by atoms with E-state index in [-0.39, 0.29) is 11.8 Å². The van der Waals surface area contributed by atoms with Crippen molar-refractivity contribution in [3.05, 3.63) is 88.4 Å². The van der Waals surface area contributed by atoms with E-state index in [9.17, 15) is 4.79 Å². The van der Waals surface area contributed by atoms with Crippen LogP contribution in [0.15, 0.2) is 72.2 Å². The summed E-state index contributed by atoms with van der Waals surface area (Å²) in [6.45, 7) is 0.465. The molecule has 3 rings (SSSR count). The number of carbonyl (C=O) groups excluding carboxylic acids is 1. The van der Waals surface area contributed by atoms with Gasteiger partial charge in [0.15, 0.2) is 0 Å². The second-order valence-corrected chi connectivity index (χ2v) is 5.88. The molecule has 0 bridgehead atoms. The van der Waals surface area contributed by atoms with E-state index in [1.165, 1.54) is 0 Å². The first-order chi connectivity index (χ1) is 10.8. The van der Waals surface area contributed by atoms with Gasteiger partial charge in [-0.25, -0.2) is 4.98 Å². The zero-order chi connectivity index (χ0) is 15.2. The fourth-order valence-electron chi connectivity index (χ4n) is 2.39. The summed E-state index contributed by atoms with van der Waals surface area (Å²) in [6, 6.07) is 19.7. The summed E-state index contributed by atoms with van der Waals surface area (Å²) in [4.78, 5) is 16.9. The number of rotatable bonds is 5. The lowest BCUT2D eigenvalue weighted by Gasteiger charge is -2.17. The van der Waals surface area contributed by atoms with E-state index in [1.807, 2.05) is 66.0 Å². The molecule has 1 aromatic heterocycles. The number of nitrogens with one attached hydrogen (secondary N) is 1. The second-order valence-electron chi connectivity index (χ2n) is 4.90. The van der Waals surface area contributed by atoms with Crippen LogP contribution in [0.5, 0.6) is 0 Å². The van der Waals surface area contributed by atoms with Gasteiger partial charge in [0.25, 0.3) is 0 Å². The van der Waals surface area contributed by atoms with Crippen molar-refractivity contribution in [1.29, 1.82) is 0 Å². The molecule has 110 valence electrons. The van der Waals surface area contributed by atoms with Crippen LogP contribution >= 0.6 is 11.3 Å². The van der Waals surface area contributed by atoms with Crippen LogP contribution in [-0.4, -0.2) is 10.9 Å². The fourth-order valence-corrected chi connectivity index (χ4v) is 2.95. The maximum absolute atomic E-state index is 12.7. The van der Waals surface area contributed by atoms with Gasteiger partial charge in [0.05, 0.1) is 12.5 Å². The molecule has 22 heavy (non-hydrogen) atoms. The van der Waals surface area contributed by atoms with Crippen LogP contribution in [-0.2, 0) is 11.3 Å². The molecular formula is C18H16N2OS. The average molecular weight is 308 g/mol. The molecule has 0 saturated heterocycles. The summed E-state index contributed by atoms with van der Waals surface area (Å²) >= 11 is 1.54. The van der Waals surface area contributed by atoms with Gasteiger partial charge >= 0.3 is 0 Å². The van der Waals surface area contributed by atoms with Crippen LogP contribution < -0.4 is 5.32 Å². The van der Waals surface area contributed by atoms with Crippen molar-refractivity contribution in [2.45, 2.75) is 12.5 Å². The molecule has 0 fully saturated rings. The van der Waals surface area contributed by atoms with E-state index in [2.05, 4.69) is 10.3 Å². The maximum Gasteiger partial charge on any atom is 0.232 e. The van der Waals surface area contributed by atoms with Crippen molar-refractivity contribution in [2.75, 3.05) is 0 Å². The first-order valence-electron chi connectivity index (χ1n) is 7.10. The van der Waals surface area contributed by atoms with Gasteiger partial charge in [-0.1, -0.05) is 60.7 Å². The summed E-state index contributed by atoms with van der Waals surface area (Å²) in [6.07, 6.45) is 1.75. The van der Waals surface area contributed by atoms with Gasteiger partial charge in [-0.2, -0.15) is 0 Å². The minimum atomic E-state index is -0.303. The third-order valence-electron chi connectivity index (χ3n) is 3.43. The molecule has 2 aromatic carbocycles. The first-order valence-corrected chi connectivity index (χ1v) is 7.98. The molecule has 1 N–H and O–H groups in total. The number of benzene rings is 2. The van der Waals surface area contributed by atoms with E-state index in [0.29, 0.717) is 6.54 Å². The molecule has 0 atom stereocenters. The quantitative estimate of drug-likeness (QED) is 0.782. The maximum atomic E-state index is 12.7. The predicted molar refractivity (Wildman–Crippen MR) is 88.7 cm³/mol. The minimum Gasteiger partial charge on any atom is -0.349 e. The molecule has 0 radical (unpaired) electrons. The molecular weight excluding hydrogens is 292 g/mol. The Labute approximate surface area is 133 Å². The highest BCUT2D eigenvalue weighted by Gasteiger charge is 2.22. The Balaban J connectivity index is 1.83. The molecule has 0 unspecified atom stereocenters. The highest BCUT2D eigenvalue weighted by molar-refractivity contribution is 7.09. The average Bonchev–Trinajstić information content (AvgIpc) is 3.09. The SMILES string of the molecule is O=C(NCc1nccs1)C(c1ccccc1)c1ccccc1. The summed E-state index contributed by atoms with van der Waals surface area (Å²) in [5.41, 5.74) is 1.98. The lowest BCUT2D eigenvalue weighted by atomic mass is 9.90. The topological polar surface area (TPSA) is 42.0 Å². The standard InChI is InChI=1S/C18H16N2OS/c21-18(20-13-16-19-11-12-22-16)17(14-7-3-1-4-8-14)15-9-5-2-6-10-15/h1-12,17H,13H2,(H,20,21). The van der Waals surface area contributed by atoms with Crippen molar-refractivity contribution in [3.63, 3.8) is 0 Å². The Hall–Kier alpha value is -2.46. The summed E-state index contributed by atoms with van der Waals surface area (Å²) in [5.74, 6) is -0.310. The van der Waals surface area contributed by atoms with E-state index < -0.39 is 0 Å². The van der Waals surface area contributed by atoms with Gasteiger partial charge in [0.1, 0.15) is 5.01 Å². The molecule has 3 aromatic rings. The lowest BCUT2D eigenvalue weighted by Crippen LogP contribution is -2.29. The molecule has 1 heterocycles. The van der Waals surface area contributed by atoms with Crippen LogP contribution in [0.2, 0.25) is 0 Å². The Morgan fingerprint density at radius 1 is 1.00 bits per heavy atom. The number of hydrogen-bond donors (Lipinski definition) is 1. The van der Waals surface area contributed by atoms with Crippen molar-refractivity contribution in [1.82, 2.24) is 10.3 Å². The molecule has 0 spiro atoms. The van der Waals surface area contributed by atoms with E-state index in [0.717, 1.165) is 16.1 Å². The van der Waals surface area contributed by atoms with Crippen molar-refractivity contribution >= 4 is 17.2 Å². The third kappa shape index (κ3) is 3.40. The lowest BCUT2D eigenvalue weighted by molar-refractivity contribution is -0.121. The summed E-state index contributed by atoms with van der Waals surface area (Å²) in [7, 11) is 0. The zero-order valence-electron chi connectivity index (χ0n) is 12.0. The molecule has 4 heteroatoms. The largest absolute Gasteiger partial charge is 0.349 e. The van der Waals surface area contributed by atoms with Gasteiger partial charge in [-0.05, 0) is 11.1 Å². The molecule has 1 amide bonds. The zero-order valence-corrected chi connectivity index (χ0v) is 12.8. The summed E-state index contributed by atoms with van der Waals surface area (Å²) < 4.78 is 0. The van der Waals surface area contributed by atoms with Crippen LogP contribution in [0, 0.1) is 0 Å². The van der Waals surface area contributed by atoms with Crippen molar-refractivity contribution < 1.29 is 4.79 Å². The number of aromatic nitrogens is 1. The molecule has 0 aliphatic carbocycles. The Kier molecular flexibility index (Phi) is 4.61. The fraction of sp³-hybridized carbons (Fsp3) is 0.111. The van der Waals surface area contributed by atoms with E-state index >= 15 is 0 Å². The first kappa shape index (κ1) is 14.5. The van der Waals surface area contributed by atoms with Gasteiger partial charge < -0.3 is 5.32 Å². The van der Waals surface area contributed by atoms with E-state index in [4.69, 9.17) is 0 Å². The molecule has 0 aliphatic rings. The highest BCUT2D eigenvalue weighted by Crippen LogP contribution is 2.24. The Bertz CT molecular complexity index is 672. The number of amides is 1. The van der Waals surface area contributed by atoms with Gasteiger partial charge in [-0.3, -0.25) is 4.79 Å². The van der Waals surface area contributed by atoms with E-state index in [1.54, 1.807) is 17.5 Å². The number of hydrogen-bond acceptors (Lipinski definition) is 3. The monoisotopic (exact) mass is 308 g/mol. The minimum absolute atomic E-state index is 0.00685.